The molecule has 0 aliphatic carbocycles. The Balaban J connectivity index is 1.72. The van der Waals surface area contributed by atoms with E-state index >= 15 is 0 Å². The number of hydrazine groups is 1. The molecular formula is C16H17N5O4. The molecule has 0 spiro atoms. The van der Waals surface area contributed by atoms with Crippen molar-refractivity contribution < 1.29 is 18.6 Å². The highest BCUT2D eigenvalue weighted by Crippen LogP contribution is 2.25. The summed E-state index contributed by atoms with van der Waals surface area (Å²) in [5.41, 5.74) is 4.59. The number of aryl methyl sites for hydroxylation is 1. The van der Waals surface area contributed by atoms with E-state index in [1.54, 1.807) is 27.2 Å². The summed E-state index contributed by atoms with van der Waals surface area (Å²) in [5, 5.41) is 9.27. The first-order valence-electron chi connectivity index (χ1n) is 7.49. The summed E-state index contributed by atoms with van der Waals surface area (Å²) in [7, 11) is 3.39. The largest absolute Gasteiger partial charge is 0.470 e. The van der Waals surface area contributed by atoms with Crippen molar-refractivity contribution >= 4 is 5.91 Å². The van der Waals surface area contributed by atoms with Gasteiger partial charge in [0.1, 0.15) is 18.1 Å². The number of ether oxygens (including phenoxy) is 1. The van der Waals surface area contributed by atoms with Crippen LogP contribution in [-0.2, 0) is 6.61 Å². The summed E-state index contributed by atoms with van der Waals surface area (Å²) in [6.45, 7) is 1.94. The number of hydrogen-bond donors (Lipinski definition) is 1. The van der Waals surface area contributed by atoms with Crippen molar-refractivity contribution in [3.05, 3.63) is 47.5 Å². The van der Waals surface area contributed by atoms with Gasteiger partial charge in [0, 0.05) is 20.3 Å². The maximum atomic E-state index is 11.8. The van der Waals surface area contributed by atoms with E-state index in [2.05, 4.69) is 20.7 Å². The molecule has 130 valence electrons. The molecule has 0 saturated heterocycles. The van der Waals surface area contributed by atoms with Gasteiger partial charge in [-0.3, -0.25) is 15.2 Å². The van der Waals surface area contributed by atoms with Gasteiger partial charge in [0.15, 0.2) is 0 Å². The van der Waals surface area contributed by atoms with Crippen molar-refractivity contribution in [2.24, 2.45) is 0 Å². The van der Waals surface area contributed by atoms with Gasteiger partial charge in [-0.15, -0.1) is 0 Å². The molecule has 0 aliphatic rings. The molecule has 9 nitrogen and oxygen atoms in total. The lowest BCUT2D eigenvalue weighted by atomic mass is 10.1. The van der Waals surface area contributed by atoms with E-state index in [9.17, 15) is 4.79 Å². The number of pyridine rings is 1. The van der Waals surface area contributed by atoms with Crippen LogP contribution in [0.4, 0.5) is 0 Å². The van der Waals surface area contributed by atoms with Crippen LogP contribution in [0, 0.1) is 6.92 Å². The van der Waals surface area contributed by atoms with Gasteiger partial charge in [0.2, 0.25) is 5.76 Å². The van der Waals surface area contributed by atoms with E-state index in [4.69, 9.17) is 13.8 Å². The van der Waals surface area contributed by atoms with Crippen LogP contribution in [0.25, 0.3) is 11.4 Å². The fraction of sp³-hybridized carbons (Fsp3) is 0.250. The molecule has 3 rings (SSSR count). The van der Waals surface area contributed by atoms with Crippen LogP contribution < -0.4 is 10.2 Å². The van der Waals surface area contributed by atoms with Crippen molar-refractivity contribution in [2.45, 2.75) is 13.5 Å². The first kappa shape index (κ1) is 16.7. The van der Waals surface area contributed by atoms with Crippen molar-refractivity contribution in [2.75, 3.05) is 14.1 Å². The summed E-state index contributed by atoms with van der Waals surface area (Å²) >= 11 is 0. The van der Waals surface area contributed by atoms with Gasteiger partial charge in [-0.2, -0.15) is 0 Å². The second-order valence-electron chi connectivity index (χ2n) is 5.43. The topological polar surface area (TPSA) is 107 Å². The van der Waals surface area contributed by atoms with E-state index in [1.807, 2.05) is 18.2 Å². The Morgan fingerprint density at radius 2 is 2.12 bits per heavy atom. The van der Waals surface area contributed by atoms with Crippen LogP contribution >= 0.6 is 0 Å². The van der Waals surface area contributed by atoms with E-state index in [-0.39, 0.29) is 18.2 Å². The first-order chi connectivity index (χ1) is 12.0. The first-order valence-corrected chi connectivity index (χ1v) is 7.49. The molecule has 0 unspecified atom stereocenters. The second-order valence-corrected chi connectivity index (χ2v) is 5.43. The van der Waals surface area contributed by atoms with Gasteiger partial charge < -0.3 is 13.8 Å². The molecule has 0 radical (unpaired) electrons. The van der Waals surface area contributed by atoms with Gasteiger partial charge in [0.05, 0.1) is 17.3 Å². The highest BCUT2D eigenvalue weighted by Gasteiger charge is 2.18. The lowest BCUT2D eigenvalue weighted by Crippen LogP contribution is -2.35. The predicted octanol–water partition coefficient (Wildman–Crippen LogP) is 1.82. The Bertz CT molecular complexity index is 857. The number of rotatable bonds is 6. The fourth-order valence-corrected chi connectivity index (χ4v) is 2.10. The molecule has 0 atom stereocenters. The maximum absolute atomic E-state index is 11.8. The third kappa shape index (κ3) is 3.83. The molecule has 3 aromatic heterocycles. The predicted molar refractivity (Wildman–Crippen MR) is 86.5 cm³/mol. The lowest BCUT2D eigenvalue weighted by Gasteiger charge is -2.08. The van der Waals surface area contributed by atoms with E-state index < -0.39 is 5.91 Å². The van der Waals surface area contributed by atoms with E-state index in [1.165, 1.54) is 11.1 Å². The zero-order chi connectivity index (χ0) is 17.8. The smallest absolute Gasteiger partial charge is 0.304 e. The number of carbonyl (C=O) groups is 1. The molecule has 25 heavy (non-hydrogen) atoms. The fourth-order valence-electron chi connectivity index (χ4n) is 2.10. The van der Waals surface area contributed by atoms with E-state index in [0.717, 1.165) is 5.56 Å². The van der Waals surface area contributed by atoms with Crippen LogP contribution in [-0.4, -0.2) is 40.3 Å². The van der Waals surface area contributed by atoms with Crippen LogP contribution in [0.1, 0.15) is 21.9 Å². The van der Waals surface area contributed by atoms with Crippen LogP contribution in [0.5, 0.6) is 5.88 Å². The maximum Gasteiger partial charge on any atom is 0.304 e. The molecule has 9 heteroatoms. The monoisotopic (exact) mass is 343 g/mol. The van der Waals surface area contributed by atoms with Crippen molar-refractivity contribution in [3.63, 3.8) is 0 Å². The minimum Gasteiger partial charge on any atom is -0.470 e. The quantitative estimate of drug-likeness (QED) is 0.676. The van der Waals surface area contributed by atoms with Gasteiger partial charge in [-0.05, 0) is 24.2 Å². The third-order valence-electron chi connectivity index (χ3n) is 3.29. The Labute approximate surface area is 143 Å². The highest BCUT2D eigenvalue weighted by molar-refractivity contribution is 5.91. The zero-order valence-electron chi connectivity index (χ0n) is 14.0. The third-order valence-corrected chi connectivity index (χ3v) is 3.29. The standard InChI is InChI=1S/C16H17N5O4/c1-10-11(15(20-24-10)12-6-4-5-7-17-12)9-23-14-8-13(25-19-14)16(22)18-21(2)3/h4-8H,9H2,1-3H3,(H,18,22). The van der Waals surface area contributed by atoms with Crippen LogP contribution in [0.15, 0.2) is 39.5 Å². The summed E-state index contributed by atoms with van der Waals surface area (Å²) in [5.74, 6) is 0.449. The normalized spacial score (nSPS) is 10.9. The summed E-state index contributed by atoms with van der Waals surface area (Å²) in [4.78, 5) is 16.1. The van der Waals surface area contributed by atoms with Crippen LogP contribution in [0.2, 0.25) is 0 Å². The molecule has 0 fully saturated rings. The Hall–Kier alpha value is -3.20. The molecule has 0 aromatic carbocycles. The molecule has 0 aliphatic heterocycles. The second kappa shape index (κ2) is 7.14. The molecule has 3 aromatic rings. The zero-order valence-corrected chi connectivity index (χ0v) is 14.0. The summed E-state index contributed by atoms with van der Waals surface area (Å²) in [6, 6.07) is 6.94. The van der Waals surface area contributed by atoms with Crippen molar-refractivity contribution in [1.82, 2.24) is 25.7 Å². The average Bonchev–Trinajstić information content (AvgIpc) is 3.20. The van der Waals surface area contributed by atoms with Gasteiger partial charge in [0.25, 0.3) is 5.88 Å². The summed E-state index contributed by atoms with van der Waals surface area (Å²) in [6.07, 6.45) is 1.68. The van der Waals surface area contributed by atoms with Gasteiger partial charge >= 0.3 is 5.91 Å². The minimum atomic E-state index is -0.414. The number of carbonyl (C=O) groups excluding carboxylic acids is 1. The lowest BCUT2D eigenvalue weighted by molar-refractivity contribution is 0.0817. The molecule has 1 N–H and O–H groups in total. The molecule has 0 saturated carbocycles. The number of aromatic nitrogens is 3. The Morgan fingerprint density at radius 1 is 1.28 bits per heavy atom. The molecule has 0 bridgehead atoms. The Kier molecular flexibility index (Phi) is 4.75. The van der Waals surface area contributed by atoms with Crippen molar-refractivity contribution in [1.29, 1.82) is 0 Å². The number of nitrogens with one attached hydrogen (secondary N) is 1. The molecular weight excluding hydrogens is 326 g/mol. The van der Waals surface area contributed by atoms with Gasteiger partial charge in [-0.25, -0.2) is 5.01 Å². The SMILES string of the molecule is Cc1onc(-c2ccccn2)c1COc1cc(C(=O)NN(C)C)on1. The van der Waals surface area contributed by atoms with Gasteiger partial charge in [-0.1, -0.05) is 11.2 Å². The molecule has 3 heterocycles. The number of hydrogen-bond acceptors (Lipinski definition) is 8. The average molecular weight is 343 g/mol. The van der Waals surface area contributed by atoms with E-state index in [0.29, 0.717) is 17.1 Å². The number of amides is 1. The van der Waals surface area contributed by atoms with Crippen molar-refractivity contribution in [3.8, 4) is 17.3 Å². The highest BCUT2D eigenvalue weighted by atomic mass is 16.5. The summed E-state index contributed by atoms with van der Waals surface area (Å²) < 4.78 is 15.8. The number of nitrogens with zero attached hydrogens (tertiary/aromatic N) is 4. The minimum absolute atomic E-state index is 0.0516. The molecule has 1 amide bonds. The Morgan fingerprint density at radius 3 is 2.84 bits per heavy atom. The van der Waals surface area contributed by atoms with Crippen LogP contribution in [0.3, 0.4) is 0 Å².